The number of nitrogens with zero attached hydrogens (tertiary/aromatic N) is 1. The highest BCUT2D eigenvalue weighted by Crippen LogP contribution is 2.25. The Bertz CT molecular complexity index is 914. The van der Waals surface area contributed by atoms with Gasteiger partial charge in [-0.15, -0.1) is 0 Å². The van der Waals surface area contributed by atoms with Crippen LogP contribution >= 0.6 is 15.9 Å². The van der Waals surface area contributed by atoms with E-state index >= 15 is 0 Å². The van der Waals surface area contributed by atoms with Crippen LogP contribution < -0.4 is 10.6 Å². The predicted octanol–water partition coefficient (Wildman–Crippen LogP) is 5.02. The summed E-state index contributed by atoms with van der Waals surface area (Å²) < 4.78 is 0.921. The van der Waals surface area contributed by atoms with Gasteiger partial charge in [-0.1, -0.05) is 40.2 Å². The molecule has 3 rings (SSSR count). The number of anilines is 1. The molecule has 2 aromatic rings. The third-order valence-corrected chi connectivity index (χ3v) is 5.29. The number of aryl methyl sites for hydroxylation is 2. The number of carbonyl (C=O) groups is 1. The molecule has 2 N–H and O–H groups in total. The van der Waals surface area contributed by atoms with E-state index < -0.39 is 0 Å². The summed E-state index contributed by atoms with van der Waals surface area (Å²) in [5, 5.41) is 15.3. The molecule has 0 fully saturated rings. The van der Waals surface area contributed by atoms with Gasteiger partial charge in [-0.25, -0.2) is 0 Å². The number of hydrogen-bond acceptors (Lipinski definition) is 3. The molecule has 27 heavy (non-hydrogen) atoms. The fourth-order valence-corrected chi connectivity index (χ4v) is 3.66. The van der Waals surface area contributed by atoms with Crippen molar-refractivity contribution in [1.82, 2.24) is 5.32 Å². The summed E-state index contributed by atoms with van der Waals surface area (Å²) in [7, 11) is 0. The summed E-state index contributed by atoms with van der Waals surface area (Å²) in [5.74, 6) is -0.384. The van der Waals surface area contributed by atoms with Crippen molar-refractivity contribution in [3.8, 4) is 6.07 Å². The second kappa shape index (κ2) is 8.88. The molecule has 0 spiro atoms. The van der Waals surface area contributed by atoms with E-state index in [1.54, 1.807) is 0 Å². The van der Waals surface area contributed by atoms with Gasteiger partial charge in [0.25, 0.3) is 5.91 Å². The van der Waals surface area contributed by atoms with Gasteiger partial charge in [0, 0.05) is 16.4 Å². The van der Waals surface area contributed by atoms with E-state index in [1.807, 2.05) is 37.3 Å². The smallest absolute Gasteiger partial charge is 0.263 e. The van der Waals surface area contributed by atoms with Crippen LogP contribution in [0.15, 0.2) is 58.7 Å². The monoisotopic (exact) mass is 423 g/mol. The van der Waals surface area contributed by atoms with E-state index in [4.69, 9.17) is 0 Å². The second-order valence-electron chi connectivity index (χ2n) is 6.75. The average molecular weight is 424 g/mol. The molecule has 1 amide bonds. The number of halogens is 1. The summed E-state index contributed by atoms with van der Waals surface area (Å²) in [4.78, 5) is 12.5. The highest BCUT2D eigenvalue weighted by Gasteiger charge is 2.16. The Hall–Kier alpha value is -2.58. The minimum Gasteiger partial charge on any atom is -0.360 e. The number of benzene rings is 2. The van der Waals surface area contributed by atoms with Crippen LogP contribution in [-0.4, -0.2) is 5.91 Å². The molecule has 0 aliphatic heterocycles. The lowest BCUT2D eigenvalue weighted by Gasteiger charge is -2.20. The molecule has 4 nitrogen and oxygen atoms in total. The number of rotatable bonds is 5. The summed E-state index contributed by atoms with van der Waals surface area (Å²) in [6.45, 7) is 1.94. The highest BCUT2D eigenvalue weighted by molar-refractivity contribution is 9.10. The number of carbonyl (C=O) groups excluding carboxylic acids is 1. The molecule has 0 heterocycles. The molecule has 0 saturated carbocycles. The lowest BCUT2D eigenvalue weighted by Crippen LogP contribution is -2.28. The topological polar surface area (TPSA) is 64.9 Å². The lowest BCUT2D eigenvalue weighted by atomic mass is 9.89. The molecule has 0 radical (unpaired) electrons. The number of amides is 1. The molecular formula is C22H22BrN3O. The number of nitriles is 1. The van der Waals surface area contributed by atoms with Gasteiger partial charge in [0.1, 0.15) is 11.6 Å². The van der Waals surface area contributed by atoms with E-state index in [-0.39, 0.29) is 17.5 Å². The van der Waals surface area contributed by atoms with Gasteiger partial charge >= 0.3 is 0 Å². The summed E-state index contributed by atoms with van der Waals surface area (Å²) >= 11 is 3.39. The first-order valence-corrected chi connectivity index (χ1v) is 9.91. The van der Waals surface area contributed by atoms with E-state index in [0.717, 1.165) is 28.6 Å². The highest BCUT2D eigenvalue weighted by atomic mass is 79.9. The zero-order valence-corrected chi connectivity index (χ0v) is 16.8. The van der Waals surface area contributed by atoms with Gasteiger partial charge in [-0.05, 0) is 67.5 Å². The van der Waals surface area contributed by atoms with Crippen molar-refractivity contribution in [2.45, 2.75) is 38.6 Å². The minimum atomic E-state index is -0.384. The second-order valence-corrected chi connectivity index (χ2v) is 7.67. The van der Waals surface area contributed by atoms with Crippen molar-refractivity contribution in [2.24, 2.45) is 0 Å². The molecule has 0 bridgehead atoms. The van der Waals surface area contributed by atoms with Crippen LogP contribution in [0.25, 0.3) is 0 Å². The van der Waals surface area contributed by atoms with E-state index in [2.05, 4.69) is 44.8 Å². The normalized spacial score (nSPS) is 14.6. The Labute approximate surface area is 168 Å². The van der Waals surface area contributed by atoms with Crippen molar-refractivity contribution in [2.75, 3.05) is 5.32 Å². The van der Waals surface area contributed by atoms with Crippen molar-refractivity contribution in [1.29, 1.82) is 5.26 Å². The van der Waals surface area contributed by atoms with Crippen LogP contribution in [0.3, 0.4) is 0 Å². The van der Waals surface area contributed by atoms with E-state index in [9.17, 15) is 10.1 Å². The molecule has 0 aromatic heterocycles. The predicted molar refractivity (Wildman–Crippen MR) is 111 cm³/mol. The summed E-state index contributed by atoms with van der Waals surface area (Å²) in [6, 6.07) is 15.8. The van der Waals surface area contributed by atoms with E-state index in [0.29, 0.717) is 0 Å². The minimum absolute atomic E-state index is 0.0415. The van der Waals surface area contributed by atoms with Gasteiger partial charge in [0.15, 0.2) is 0 Å². The van der Waals surface area contributed by atoms with Crippen molar-refractivity contribution in [3.05, 3.63) is 75.4 Å². The number of hydrogen-bond donors (Lipinski definition) is 2. The number of nitrogens with one attached hydrogen (secondary N) is 2. The molecular weight excluding hydrogens is 402 g/mol. The maximum atomic E-state index is 12.5. The zero-order chi connectivity index (χ0) is 19.2. The first-order chi connectivity index (χ1) is 13.1. The Balaban J connectivity index is 1.67. The Morgan fingerprint density at radius 3 is 2.70 bits per heavy atom. The van der Waals surface area contributed by atoms with Gasteiger partial charge in [-0.2, -0.15) is 5.26 Å². The van der Waals surface area contributed by atoms with Crippen LogP contribution in [0.1, 0.15) is 42.5 Å². The quantitative estimate of drug-likeness (QED) is 0.523. The fraction of sp³-hybridized carbons (Fsp3) is 0.273. The van der Waals surface area contributed by atoms with Crippen LogP contribution in [0.2, 0.25) is 0 Å². The molecule has 1 atom stereocenters. The van der Waals surface area contributed by atoms with Gasteiger partial charge in [-0.3, -0.25) is 4.79 Å². The van der Waals surface area contributed by atoms with Gasteiger partial charge < -0.3 is 10.6 Å². The van der Waals surface area contributed by atoms with Crippen LogP contribution in [0.4, 0.5) is 5.69 Å². The van der Waals surface area contributed by atoms with E-state index in [1.165, 1.54) is 30.2 Å². The third-order valence-electron chi connectivity index (χ3n) is 4.79. The third kappa shape index (κ3) is 4.99. The SMILES string of the molecule is CC(NC(=O)/C(C#N)=C\Nc1cccc(Br)c1)c1ccc2c(c1)CCCC2. The molecule has 0 saturated heterocycles. The largest absolute Gasteiger partial charge is 0.360 e. The lowest BCUT2D eigenvalue weighted by molar-refractivity contribution is -0.117. The summed E-state index contributed by atoms with van der Waals surface area (Å²) in [5.41, 5.74) is 4.71. The first-order valence-electron chi connectivity index (χ1n) is 9.12. The van der Waals surface area contributed by atoms with Crippen molar-refractivity contribution >= 4 is 27.5 Å². The molecule has 138 valence electrons. The van der Waals surface area contributed by atoms with Gasteiger partial charge in [0.2, 0.25) is 0 Å². The molecule has 1 aliphatic rings. The van der Waals surface area contributed by atoms with Crippen LogP contribution in [0, 0.1) is 11.3 Å². The first kappa shape index (κ1) is 19.2. The molecule has 2 aromatic carbocycles. The van der Waals surface area contributed by atoms with Gasteiger partial charge in [0.05, 0.1) is 6.04 Å². The maximum Gasteiger partial charge on any atom is 0.263 e. The Kier molecular flexibility index (Phi) is 6.31. The summed E-state index contributed by atoms with van der Waals surface area (Å²) in [6.07, 6.45) is 6.15. The standard InChI is InChI=1S/C22H22BrN3O/c1-15(17-10-9-16-5-2-3-6-18(16)11-17)26-22(27)19(13-24)14-25-21-8-4-7-20(23)12-21/h4,7-12,14-15,25H,2-3,5-6H2,1H3,(H,26,27)/b19-14-. The Morgan fingerprint density at radius 2 is 1.96 bits per heavy atom. The molecule has 1 unspecified atom stereocenters. The number of fused-ring (bicyclic) bond motifs is 1. The zero-order valence-electron chi connectivity index (χ0n) is 15.3. The average Bonchev–Trinajstić information content (AvgIpc) is 2.68. The fourth-order valence-electron chi connectivity index (χ4n) is 3.26. The molecule has 5 heteroatoms. The Morgan fingerprint density at radius 1 is 1.19 bits per heavy atom. The molecule has 1 aliphatic carbocycles. The van der Waals surface area contributed by atoms with Crippen LogP contribution in [0.5, 0.6) is 0 Å². The van der Waals surface area contributed by atoms with Crippen molar-refractivity contribution in [3.63, 3.8) is 0 Å². The van der Waals surface area contributed by atoms with Crippen molar-refractivity contribution < 1.29 is 4.79 Å². The van der Waals surface area contributed by atoms with Crippen LogP contribution in [-0.2, 0) is 17.6 Å². The maximum absolute atomic E-state index is 12.5.